The number of amides is 1. The Kier molecular flexibility index (Phi) is 8.38. The van der Waals surface area contributed by atoms with Gasteiger partial charge in [0.2, 0.25) is 5.91 Å². The fourth-order valence-electron chi connectivity index (χ4n) is 1.59. The van der Waals surface area contributed by atoms with Crippen LogP contribution in [0.25, 0.3) is 0 Å². The van der Waals surface area contributed by atoms with E-state index in [1.807, 2.05) is 6.92 Å². The maximum atomic E-state index is 12.7. The van der Waals surface area contributed by atoms with Crippen LogP contribution >= 0.6 is 0 Å². The van der Waals surface area contributed by atoms with E-state index in [-0.39, 0.29) is 11.7 Å². The highest BCUT2D eigenvalue weighted by Crippen LogP contribution is 2.11. The average molecular weight is 283 g/mol. The molecule has 5 heteroatoms. The number of rotatable bonds is 10. The van der Waals surface area contributed by atoms with E-state index in [1.54, 1.807) is 12.1 Å². The average Bonchev–Trinajstić information content (AvgIpc) is 2.45. The second-order valence-corrected chi connectivity index (χ2v) is 4.31. The van der Waals surface area contributed by atoms with Crippen molar-refractivity contribution in [3.05, 3.63) is 30.1 Å². The molecular weight excluding hydrogens is 261 g/mol. The molecule has 0 heterocycles. The second-order valence-electron chi connectivity index (χ2n) is 4.31. The molecule has 1 aromatic carbocycles. The first kappa shape index (κ1) is 16.4. The van der Waals surface area contributed by atoms with Crippen LogP contribution in [-0.4, -0.2) is 32.3 Å². The van der Waals surface area contributed by atoms with E-state index in [0.717, 1.165) is 6.42 Å². The van der Waals surface area contributed by atoms with Crippen LogP contribution in [0.5, 0.6) is 5.75 Å². The van der Waals surface area contributed by atoms with Gasteiger partial charge in [-0.1, -0.05) is 0 Å². The molecule has 1 N–H and O–H groups in total. The van der Waals surface area contributed by atoms with E-state index in [0.29, 0.717) is 45.0 Å². The van der Waals surface area contributed by atoms with Crippen LogP contribution in [0.4, 0.5) is 4.39 Å². The van der Waals surface area contributed by atoms with Gasteiger partial charge in [-0.15, -0.1) is 0 Å². The zero-order valence-electron chi connectivity index (χ0n) is 11.9. The highest BCUT2D eigenvalue weighted by Gasteiger charge is 2.01. The molecule has 0 atom stereocenters. The first-order valence-corrected chi connectivity index (χ1v) is 6.95. The lowest BCUT2D eigenvalue weighted by molar-refractivity contribution is -0.121. The summed E-state index contributed by atoms with van der Waals surface area (Å²) in [7, 11) is 0. The Labute approximate surface area is 119 Å². The molecule has 0 spiro atoms. The molecule has 0 aromatic heterocycles. The van der Waals surface area contributed by atoms with Crippen LogP contribution in [0.2, 0.25) is 0 Å². The van der Waals surface area contributed by atoms with Crippen LogP contribution in [0.3, 0.4) is 0 Å². The van der Waals surface area contributed by atoms with E-state index in [9.17, 15) is 9.18 Å². The Hall–Kier alpha value is -1.62. The van der Waals surface area contributed by atoms with E-state index >= 15 is 0 Å². The summed E-state index contributed by atoms with van der Waals surface area (Å²) in [5.41, 5.74) is 0. The van der Waals surface area contributed by atoms with Crippen molar-refractivity contribution < 1.29 is 18.7 Å². The van der Waals surface area contributed by atoms with Gasteiger partial charge in [0.1, 0.15) is 11.6 Å². The van der Waals surface area contributed by atoms with E-state index in [2.05, 4.69) is 5.32 Å². The van der Waals surface area contributed by atoms with E-state index < -0.39 is 0 Å². The zero-order chi connectivity index (χ0) is 14.6. The van der Waals surface area contributed by atoms with Crippen molar-refractivity contribution in [1.29, 1.82) is 0 Å². The summed E-state index contributed by atoms with van der Waals surface area (Å²) in [6.45, 7) is 4.40. The van der Waals surface area contributed by atoms with E-state index in [4.69, 9.17) is 9.47 Å². The van der Waals surface area contributed by atoms with Crippen molar-refractivity contribution >= 4 is 5.91 Å². The zero-order valence-corrected chi connectivity index (χ0v) is 11.9. The summed E-state index contributed by atoms with van der Waals surface area (Å²) in [6.07, 6.45) is 1.89. The molecule has 0 aliphatic rings. The lowest BCUT2D eigenvalue weighted by atomic mass is 10.3. The Balaban J connectivity index is 2.00. The maximum Gasteiger partial charge on any atom is 0.220 e. The lowest BCUT2D eigenvalue weighted by Crippen LogP contribution is -2.25. The Morgan fingerprint density at radius 2 is 1.95 bits per heavy atom. The van der Waals surface area contributed by atoms with Gasteiger partial charge >= 0.3 is 0 Å². The molecule has 0 unspecified atom stereocenters. The standard InChI is InChI=1S/C15H22FNO3/c1-2-19-11-4-10-17-15(18)5-3-12-20-14-8-6-13(16)7-9-14/h6-9H,2-5,10-12H2,1H3,(H,17,18). The summed E-state index contributed by atoms with van der Waals surface area (Å²) in [5.74, 6) is 0.344. The van der Waals surface area contributed by atoms with Crippen molar-refractivity contribution in [2.75, 3.05) is 26.4 Å². The largest absolute Gasteiger partial charge is 0.494 e. The fraction of sp³-hybridized carbons (Fsp3) is 0.533. The summed E-state index contributed by atoms with van der Waals surface area (Å²) >= 11 is 0. The SMILES string of the molecule is CCOCCCNC(=O)CCCOc1ccc(F)cc1. The highest BCUT2D eigenvalue weighted by molar-refractivity contribution is 5.75. The van der Waals surface area contributed by atoms with Crippen molar-refractivity contribution in [3.63, 3.8) is 0 Å². The summed E-state index contributed by atoms with van der Waals surface area (Å²) in [6, 6.07) is 5.84. The number of carbonyl (C=O) groups excluding carboxylic acids is 1. The molecular formula is C15H22FNO3. The molecule has 0 aliphatic heterocycles. The third-order valence-corrected chi connectivity index (χ3v) is 2.62. The monoisotopic (exact) mass is 283 g/mol. The second kappa shape index (κ2) is 10.2. The molecule has 0 saturated heterocycles. The Morgan fingerprint density at radius 1 is 1.20 bits per heavy atom. The molecule has 0 bridgehead atoms. The van der Waals surface area contributed by atoms with E-state index in [1.165, 1.54) is 12.1 Å². The molecule has 1 amide bonds. The fourth-order valence-corrected chi connectivity index (χ4v) is 1.59. The molecule has 0 radical (unpaired) electrons. The summed E-state index contributed by atoms with van der Waals surface area (Å²) in [5, 5.41) is 2.82. The van der Waals surface area contributed by atoms with Crippen molar-refractivity contribution in [2.45, 2.75) is 26.2 Å². The highest BCUT2D eigenvalue weighted by atomic mass is 19.1. The van der Waals surface area contributed by atoms with Gasteiger partial charge in [-0.05, 0) is 44.0 Å². The van der Waals surface area contributed by atoms with Crippen molar-refractivity contribution in [3.8, 4) is 5.75 Å². The number of hydrogen-bond acceptors (Lipinski definition) is 3. The van der Waals surface area contributed by atoms with Crippen LogP contribution in [0.1, 0.15) is 26.2 Å². The molecule has 0 saturated carbocycles. The minimum Gasteiger partial charge on any atom is -0.494 e. The number of ether oxygens (including phenoxy) is 2. The third-order valence-electron chi connectivity index (χ3n) is 2.62. The van der Waals surface area contributed by atoms with Crippen LogP contribution < -0.4 is 10.1 Å². The van der Waals surface area contributed by atoms with Crippen LogP contribution in [0, 0.1) is 5.82 Å². The van der Waals surface area contributed by atoms with Gasteiger partial charge in [0, 0.05) is 26.2 Å². The number of benzene rings is 1. The minimum absolute atomic E-state index is 0.0178. The van der Waals surface area contributed by atoms with Crippen molar-refractivity contribution in [1.82, 2.24) is 5.32 Å². The summed E-state index contributed by atoms with van der Waals surface area (Å²) < 4.78 is 23.2. The van der Waals surface area contributed by atoms with Gasteiger partial charge < -0.3 is 14.8 Å². The lowest BCUT2D eigenvalue weighted by Gasteiger charge is -2.07. The normalized spacial score (nSPS) is 10.3. The number of carbonyl (C=O) groups is 1. The van der Waals surface area contributed by atoms with Crippen molar-refractivity contribution in [2.24, 2.45) is 0 Å². The quantitative estimate of drug-likeness (QED) is 0.671. The number of halogens is 1. The predicted octanol–water partition coefficient (Wildman–Crippen LogP) is 2.53. The van der Waals surface area contributed by atoms with Crippen LogP contribution in [0.15, 0.2) is 24.3 Å². The molecule has 0 aliphatic carbocycles. The molecule has 20 heavy (non-hydrogen) atoms. The van der Waals surface area contributed by atoms with Crippen LogP contribution in [-0.2, 0) is 9.53 Å². The smallest absolute Gasteiger partial charge is 0.220 e. The molecule has 4 nitrogen and oxygen atoms in total. The van der Waals surface area contributed by atoms with Gasteiger partial charge in [-0.25, -0.2) is 4.39 Å². The molecule has 1 aromatic rings. The first-order chi connectivity index (χ1) is 9.72. The third kappa shape index (κ3) is 7.74. The topological polar surface area (TPSA) is 47.6 Å². The Bertz CT molecular complexity index is 381. The predicted molar refractivity (Wildman–Crippen MR) is 75.2 cm³/mol. The Morgan fingerprint density at radius 3 is 2.65 bits per heavy atom. The summed E-state index contributed by atoms with van der Waals surface area (Å²) in [4.78, 5) is 11.5. The molecule has 0 fully saturated rings. The molecule has 112 valence electrons. The van der Waals surface area contributed by atoms with Gasteiger partial charge in [0.25, 0.3) is 0 Å². The van der Waals surface area contributed by atoms with Gasteiger partial charge in [-0.3, -0.25) is 4.79 Å². The first-order valence-electron chi connectivity index (χ1n) is 6.95. The van der Waals surface area contributed by atoms with Gasteiger partial charge in [0.15, 0.2) is 0 Å². The minimum atomic E-state index is -0.288. The number of hydrogen-bond donors (Lipinski definition) is 1. The molecule has 1 rings (SSSR count). The van der Waals surface area contributed by atoms with Gasteiger partial charge in [-0.2, -0.15) is 0 Å². The number of nitrogens with one attached hydrogen (secondary N) is 1. The maximum absolute atomic E-state index is 12.7. The van der Waals surface area contributed by atoms with Gasteiger partial charge in [0.05, 0.1) is 6.61 Å².